The molecule has 26 heteroatoms. The number of aliphatic hydroxyl groups is 14. The van der Waals surface area contributed by atoms with Crippen molar-refractivity contribution in [3.8, 4) is 0 Å². The molecule has 94 heavy (non-hydrogen) atoms. The zero-order chi connectivity index (χ0) is 69.1. The summed E-state index contributed by atoms with van der Waals surface area (Å²) in [4.78, 5) is 26.3. The largest absolute Gasteiger partial charge is 0.394 e. The summed E-state index contributed by atoms with van der Waals surface area (Å²) < 4.78 is 47.2. The minimum atomic E-state index is -2.10. The van der Waals surface area contributed by atoms with Crippen LogP contribution in [0, 0.1) is 5.92 Å². The van der Waals surface area contributed by atoms with Crippen LogP contribution in [-0.2, 0) is 47.5 Å². The first-order chi connectivity index (χ1) is 45.1. The molecule has 2 amide bonds. The molecule has 16 N–H and O–H groups in total. The van der Waals surface area contributed by atoms with Crippen LogP contribution < -0.4 is 10.6 Å². The first-order valence-corrected chi connectivity index (χ1v) is 36.2. The van der Waals surface area contributed by atoms with Crippen molar-refractivity contribution in [1.29, 1.82) is 0 Å². The quantitative estimate of drug-likeness (QED) is 0.0389. The van der Waals surface area contributed by atoms with Gasteiger partial charge in [0, 0.05) is 6.92 Å². The fourth-order valence-corrected chi connectivity index (χ4v) is 12.9. The van der Waals surface area contributed by atoms with Crippen molar-refractivity contribution in [1.82, 2.24) is 10.6 Å². The Morgan fingerprint density at radius 1 is 0.457 bits per heavy atom. The first kappa shape index (κ1) is 84.5. The normalized spacial score (nSPS) is 33.2. The maximum Gasteiger partial charge on any atom is 0.249 e. The minimum Gasteiger partial charge on any atom is -0.394 e. The highest BCUT2D eigenvalue weighted by molar-refractivity contribution is 5.80. The summed E-state index contributed by atoms with van der Waals surface area (Å²) in [7, 11) is 0. The second-order valence-corrected chi connectivity index (χ2v) is 27.3. The molecule has 4 aliphatic rings. The van der Waals surface area contributed by atoms with Crippen molar-refractivity contribution in [2.24, 2.45) is 5.92 Å². The predicted molar refractivity (Wildman–Crippen MR) is 346 cm³/mol. The molecule has 26 nitrogen and oxygen atoms in total. The summed E-state index contributed by atoms with van der Waals surface area (Å²) in [5.41, 5.74) is 0. The molecule has 4 heterocycles. The summed E-state index contributed by atoms with van der Waals surface area (Å²) in [6, 6.07) is -2.93. The topological polar surface area (TPSA) is 415 Å². The van der Waals surface area contributed by atoms with Gasteiger partial charge in [-0.05, 0) is 25.7 Å². The number of nitrogens with one attached hydrogen (secondary N) is 2. The lowest BCUT2D eigenvalue weighted by molar-refractivity contribution is -0.373. The summed E-state index contributed by atoms with van der Waals surface area (Å²) in [5, 5.41) is 159. The third-order valence-electron chi connectivity index (χ3n) is 19.4. The molecule has 0 saturated carbocycles. The third kappa shape index (κ3) is 29.0. The van der Waals surface area contributed by atoms with Crippen LogP contribution in [0.3, 0.4) is 0 Å². The highest BCUT2D eigenvalue weighted by atomic mass is 16.8. The maximum atomic E-state index is 13.7. The van der Waals surface area contributed by atoms with Crippen molar-refractivity contribution in [2.45, 2.75) is 387 Å². The van der Waals surface area contributed by atoms with Crippen LogP contribution in [-0.4, -0.2) is 257 Å². The van der Waals surface area contributed by atoms with E-state index < -0.39 is 185 Å². The van der Waals surface area contributed by atoms with E-state index in [4.69, 9.17) is 37.9 Å². The molecule has 0 aliphatic carbocycles. The number of amides is 2. The SMILES string of the molecule is CCCCCCCCCCCCCCCCCCCCC[C@@H](O)C(=O)N[C@@H](CO[C@H]1O[C@H](CO)[C@H](O)[C@H](O)[C@H]1O[C@H]1O[C@H](CO[C@@H]2O[C@H](CO)[C@H](O)[C@H](O[C@@H]3O[C@@H](C)[C@H](O)[C@@H](O)[C@H]3O)[C@H]2NC(C)=O)[C@H](O)[C@H](O)[C@H]1O)[C@H](O)[C@H](O)CCCCCCCCCCCC(C)CC. The molecule has 0 aromatic heterocycles. The van der Waals surface area contributed by atoms with Gasteiger partial charge in [-0.3, -0.25) is 9.59 Å². The second kappa shape index (κ2) is 47.2. The van der Waals surface area contributed by atoms with Crippen LogP contribution in [0.4, 0.5) is 0 Å². The van der Waals surface area contributed by atoms with Crippen molar-refractivity contribution in [2.75, 3.05) is 26.4 Å². The summed E-state index contributed by atoms with van der Waals surface area (Å²) >= 11 is 0. The Morgan fingerprint density at radius 3 is 1.38 bits per heavy atom. The maximum absolute atomic E-state index is 13.7. The van der Waals surface area contributed by atoms with Crippen LogP contribution in [0.15, 0.2) is 0 Å². The van der Waals surface area contributed by atoms with E-state index in [1.54, 1.807) is 0 Å². The molecule has 25 atom stereocenters. The average molecular weight is 1360 g/mol. The van der Waals surface area contributed by atoms with Crippen molar-refractivity contribution >= 4 is 11.8 Å². The van der Waals surface area contributed by atoms with Crippen molar-refractivity contribution in [3.05, 3.63) is 0 Å². The van der Waals surface area contributed by atoms with E-state index in [9.17, 15) is 81.1 Å². The van der Waals surface area contributed by atoms with E-state index in [2.05, 4.69) is 31.4 Å². The summed E-state index contributed by atoms with van der Waals surface area (Å²) in [6.45, 7) is 6.08. The van der Waals surface area contributed by atoms with Gasteiger partial charge in [0.2, 0.25) is 11.8 Å². The predicted octanol–water partition coefficient (Wildman–Crippen LogP) is 3.17. The molecule has 0 aromatic rings. The highest BCUT2D eigenvalue weighted by Crippen LogP contribution is 2.34. The van der Waals surface area contributed by atoms with Gasteiger partial charge in [0.15, 0.2) is 25.2 Å². The number of carbonyl (C=O) groups is 2. The van der Waals surface area contributed by atoms with Crippen LogP contribution in [0.1, 0.15) is 240 Å². The molecule has 4 saturated heterocycles. The van der Waals surface area contributed by atoms with Gasteiger partial charge < -0.3 is 120 Å². The molecule has 0 bridgehead atoms. The van der Waals surface area contributed by atoms with E-state index in [0.29, 0.717) is 12.8 Å². The average Bonchev–Trinajstić information content (AvgIpc) is 0.796. The lowest BCUT2D eigenvalue weighted by atomic mass is 9.95. The molecular weight excluding hydrogens is 1230 g/mol. The van der Waals surface area contributed by atoms with Crippen LogP contribution in [0.25, 0.3) is 0 Å². The van der Waals surface area contributed by atoms with Crippen LogP contribution in [0.5, 0.6) is 0 Å². The van der Waals surface area contributed by atoms with E-state index in [0.717, 1.165) is 70.6 Å². The molecule has 0 aromatic carbocycles. The Balaban J connectivity index is 1.40. The van der Waals surface area contributed by atoms with E-state index in [1.165, 1.54) is 129 Å². The number of carbonyl (C=O) groups excluding carboxylic acids is 2. The van der Waals surface area contributed by atoms with E-state index in [-0.39, 0.29) is 12.8 Å². The molecule has 4 aliphatic heterocycles. The monoisotopic (exact) mass is 1360 g/mol. The molecular formula is C68H128N2O24. The Morgan fingerprint density at radius 2 is 0.883 bits per heavy atom. The Hall–Kier alpha value is -1.94. The van der Waals surface area contributed by atoms with Crippen LogP contribution in [0.2, 0.25) is 0 Å². The minimum absolute atomic E-state index is 0.123. The van der Waals surface area contributed by atoms with Gasteiger partial charge in [-0.1, -0.05) is 213 Å². The second-order valence-electron chi connectivity index (χ2n) is 27.3. The van der Waals surface area contributed by atoms with Gasteiger partial charge in [0.25, 0.3) is 0 Å². The lowest BCUT2D eigenvalue weighted by Crippen LogP contribution is -2.68. The number of hydrogen-bond donors (Lipinski definition) is 16. The molecule has 1 unspecified atom stereocenters. The van der Waals surface area contributed by atoms with Crippen molar-refractivity contribution < 1.29 is 119 Å². The van der Waals surface area contributed by atoms with Gasteiger partial charge in [0.05, 0.1) is 44.7 Å². The zero-order valence-corrected chi connectivity index (χ0v) is 57.2. The third-order valence-corrected chi connectivity index (χ3v) is 19.4. The van der Waals surface area contributed by atoms with Gasteiger partial charge in [-0.2, -0.15) is 0 Å². The van der Waals surface area contributed by atoms with Gasteiger partial charge in [-0.25, -0.2) is 0 Å². The van der Waals surface area contributed by atoms with Crippen molar-refractivity contribution in [3.63, 3.8) is 0 Å². The molecule has 554 valence electrons. The first-order valence-electron chi connectivity index (χ1n) is 36.2. The lowest BCUT2D eigenvalue weighted by Gasteiger charge is -2.48. The highest BCUT2D eigenvalue weighted by Gasteiger charge is 2.54. The van der Waals surface area contributed by atoms with E-state index in [1.807, 2.05) is 0 Å². The molecule has 4 rings (SSSR count). The molecule has 0 spiro atoms. The number of aliphatic hydroxyl groups excluding tert-OH is 14. The molecule has 0 radical (unpaired) electrons. The van der Waals surface area contributed by atoms with Gasteiger partial charge in [0.1, 0.15) is 104 Å². The Kier molecular flexibility index (Phi) is 42.4. The zero-order valence-electron chi connectivity index (χ0n) is 57.2. The summed E-state index contributed by atoms with van der Waals surface area (Å²) in [5.74, 6) is -0.806. The smallest absolute Gasteiger partial charge is 0.249 e. The standard InChI is InChI=1S/C68H128N2O24/c1-6-8-9-10-11-12-13-14-15-16-17-18-19-20-21-24-28-31-34-37-47(75)64(86)70-45(53(77)46(74)36-33-30-27-25-22-23-26-29-32-35-42(3)7-2)40-87-68-63(59(83)54(78)48(38-71)91-68)94-67-61(85)58(82)55(79)50(92-67)41-88-65-51(69-44(5)73)62(56(80)49(39-72)90-65)93-66-60(84)57(81)52(76)43(4)89-66/h42-43,45-63,65-68,71-72,74-85H,6-41H2,1-5H3,(H,69,73)(H,70,86)/t42?,43-,45-,46+,47+,48+,49+,50+,51+,52-,53-,54-,55-,56-,57+,58-,59-,60+,61+,62+,63+,65+,66-,67+,68-/m0/s1. The molecule has 4 fully saturated rings. The number of ether oxygens (including phenoxy) is 8. The van der Waals surface area contributed by atoms with Crippen LogP contribution >= 0.6 is 0 Å². The number of hydrogen-bond acceptors (Lipinski definition) is 24. The van der Waals surface area contributed by atoms with E-state index >= 15 is 0 Å². The fraction of sp³-hybridized carbons (Fsp3) is 0.971. The summed E-state index contributed by atoms with van der Waals surface area (Å²) in [6.07, 6.45) is -3.26. The van der Waals surface area contributed by atoms with Gasteiger partial charge >= 0.3 is 0 Å². The Bertz CT molecular complexity index is 1960. The Labute approximate surface area is 559 Å². The van der Waals surface area contributed by atoms with Gasteiger partial charge in [-0.15, -0.1) is 0 Å². The number of unbranched alkanes of at least 4 members (excludes halogenated alkanes) is 26. The fourth-order valence-electron chi connectivity index (χ4n) is 12.9. The number of rotatable bonds is 50.